The number of aromatic hydroxyl groups is 1. The van der Waals surface area contributed by atoms with E-state index in [9.17, 15) is 5.11 Å². The summed E-state index contributed by atoms with van der Waals surface area (Å²) >= 11 is 4.07. The second-order valence-corrected chi connectivity index (χ2v) is 3.15. The molecule has 70 valence electrons. The zero-order valence-corrected chi connectivity index (χ0v) is 8.17. The molecule has 3 N–H and O–H groups in total. The zero-order chi connectivity index (χ0) is 9.68. The summed E-state index contributed by atoms with van der Waals surface area (Å²) in [5.74, 6) is 0.956. The lowest BCUT2D eigenvalue weighted by atomic mass is 10.1. The Morgan fingerprint density at radius 1 is 1.46 bits per heavy atom. The van der Waals surface area contributed by atoms with Crippen molar-refractivity contribution in [3.05, 3.63) is 29.8 Å². The molecule has 0 fully saturated rings. The van der Waals surface area contributed by atoms with Gasteiger partial charge in [0.2, 0.25) is 0 Å². The summed E-state index contributed by atoms with van der Waals surface area (Å²) in [6.07, 6.45) is 4.70. The Balaban J connectivity index is 2.83. The molecule has 2 nitrogen and oxygen atoms in total. The van der Waals surface area contributed by atoms with Crippen LogP contribution in [0.25, 0.3) is 6.08 Å². The number of rotatable bonds is 3. The second-order valence-electron chi connectivity index (χ2n) is 2.70. The molecule has 1 aromatic carbocycles. The van der Waals surface area contributed by atoms with Crippen LogP contribution in [0.2, 0.25) is 0 Å². The van der Waals surface area contributed by atoms with E-state index >= 15 is 0 Å². The maximum atomic E-state index is 9.50. The second kappa shape index (κ2) is 4.82. The van der Waals surface area contributed by atoms with Gasteiger partial charge in [0.15, 0.2) is 0 Å². The number of phenols is 1. The van der Waals surface area contributed by atoms with E-state index in [2.05, 4.69) is 12.6 Å². The number of allylic oxidation sites excluding steroid dienone is 1. The Morgan fingerprint density at radius 2 is 2.23 bits per heavy atom. The van der Waals surface area contributed by atoms with E-state index in [4.69, 9.17) is 5.73 Å². The molecule has 0 aliphatic rings. The van der Waals surface area contributed by atoms with Gasteiger partial charge >= 0.3 is 0 Å². The van der Waals surface area contributed by atoms with Crippen LogP contribution in [-0.2, 0) is 0 Å². The Hall–Kier alpha value is -1.09. The SMILES string of the molecule is Nc1cccc(C=CCCS)c1O. The molecule has 13 heavy (non-hydrogen) atoms. The third-order valence-electron chi connectivity index (χ3n) is 1.69. The number of nitrogens with two attached hydrogens (primary N) is 1. The smallest absolute Gasteiger partial charge is 0.145 e. The Kier molecular flexibility index (Phi) is 3.71. The molecule has 1 aromatic rings. The van der Waals surface area contributed by atoms with Gasteiger partial charge in [0, 0.05) is 5.56 Å². The number of nitrogen functional groups attached to an aromatic ring is 1. The molecule has 3 heteroatoms. The Labute approximate surface area is 83.5 Å². The van der Waals surface area contributed by atoms with Gasteiger partial charge in [-0.15, -0.1) is 0 Å². The van der Waals surface area contributed by atoms with Crippen molar-refractivity contribution in [2.24, 2.45) is 0 Å². The molecule has 1 rings (SSSR count). The number of hydrogen-bond donors (Lipinski definition) is 3. The van der Waals surface area contributed by atoms with E-state index in [0.717, 1.165) is 17.7 Å². The van der Waals surface area contributed by atoms with Crippen LogP contribution >= 0.6 is 12.6 Å². The van der Waals surface area contributed by atoms with Gasteiger partial charge < -0.3 is 10.8 Å². The maximum absolute atomic E-state index is 9.50. The summed E-state index contributed by atoms with van der Waals surface area (Å²) in [5.41, 5.74) is 6.69. The Bertz CT molecular complexity index is 310. The fraction of sp³-hybridized carbons (Fsp3) is 0.200. The van der Waals surface area contributed by atoms with Crippen LogP contribution in [0.3, 0.4) is 0 Å². The van der Waals surface area contributed by atoms with Crippen molar-refractivity contribution in [2.75, 3.05) is 11.5 Å². The first-order valence-corrected chi connectivity index (χ1v) is 4.74. The van der Waals surface area contributed by atoms with Crippen LogP contribution in [0.15, 0.2) is 24.3 Å². The first-order chi connectivity index (χ1) is 6.25. The van der Waals surface area contributed by atoms with E-state index in [1.54, 1.807) is 6.07 Å². The normalized spacial score (nSPS) is 10.8. The van der Waals surface area contributed by atoms with E-state index in [-0.39, 0.29) is 5.75 Å². The molecule has 0 aliphatic heterocycles. The van der Waals surface area contributed by atoms with Crippen molar-refractivity contribution in [3.63, 3.8) is 0 Å². The molecule has 0 bridgehead atoms. The highest BCUT2D eigenvalue weighted by molar-refractivity contribution is 7.80. The predicted octanol–water partition coefficient (Wildman–Crippen LogP) is 2.31. The average Bonchev–Trinajstić information content (AvgIpc) is 2.13. The third kappa shape index (κ3) is 2.70. The predicted molar refractivity (Wildman–Crippen MR) is 60.0 cm³/mol. The van der Waals surface area contributed by atoms with Crippen LogP contribution in [0.4, 0.5) is 5.69 Å². The number of phenolic OH excluding ortho intramolecular Hbond substituents is 1. The highest BCUT2D eigenvalue weighted by atomic mass is 32.1. The van der Waals surface area contributed by atoms with Crippen molar-refractivity contribution in [3.8, 4) is 5.75 Å². The summed E-state index contributed by atoms with van der Waals surface area (Å²) < 4.78 is 0. The molecular weight excluding hydrogens is 182 g/mol. The lowest BCUT2D eigenvalue weighted by Gasteiger charge is -2.01. The van der Waals surface area contributed by atoms with Gasteiger partial charge in [-0.2, -0.15) is 12.6 Å². The monoisotopic (exact) mass is 195 g/mol. The van der Waals surface area contributed by atoms with E-state index in [1.165, 1.54) is 0 Å². The number of para-hydroxylation sites is 1. The van der Waals surface area contributed by atoms with Gasteiger partial charge in [-0.05, 0) is 18.2 Å². The minimum absolute atomic E-state index is 0.151. The molecule has 0 atom stereocenters. The molecule has 0 saturated carbocycles. The topological polar surface area (TPSA) is 46.2 Å². The fourth-order valence-electron chi connectivity index (χ4n) is 0.999. The molecular formula is C10H13NOS. The summed E-state index contributed by atoms with van der Waals surface area (Å²) in [6, 6.07) is 5.31. The third-order valence-corrected chi connectivity index (χ3v) is 1.95. The van der Waals surface area contributed by atoms with Crippen LogP contribution < -0.4 is 5.73 Å². The minimum atomic E-state index is 0.151. The Morgan fingerprint density at radius 3 is 2.92 bits per heavy atom. The van der Waals surface area contributed by atoms with Gasteiger partial charge in [0.05, 0.1) is 5.69 Å². The molecule has 0 saturated heterocycles. The molecule has 0 unspecified atom stereocenters. The van der Waals surface area contributed by atoms with E-state index in [0.29, 0.717) is 5.69 Å². The highest BCUT2D eigenvalue weighted by Crippen LogP contribution is 2.25. The minimum Gasteiger partial charge on any atom is -0.505 e. The molecule has 0 aliphatic carbocycles. The zero-order valence-electron chi connectivity index (χ0n) is 7.27. The number of benzene rings is 1. The van der Waals surface area contributed by atoms with Crippen LogP contribution in [0.1, 0.15) is 12.0 Å². The van der Waals surface area contributed by atoms with Gasteiger partial charge in [-0.3, -0.25) is 0 Å². The van der Waals surface area contributed by atoms with Gasteiger partial charge in [-0.1, -0.05) is 24.3 Å². The number of thiol groups is 1. The largest absolute Gasteiger partial charge is 0.505 e. The maximum Gasteiger partial charge on any atom is 0.145 e. The van der Waals surface area contributed by atoms with Gasteiger partial charge in [0.25, 0.3) is 0 Å². The molecule has 0 spiro atoms. The number of anilines is 1. The summed E-state index contributed by atoms with van der Waals surface area (Å²) in [7, 11) is 0. The van der Waals surface area contributed by atoms with Gasteiger partial charge in [0.1, 0.15) is 5.75 Å². The number of hydrogen-bond acceptors (Lipinski definition) is 3. The van der Waals surface area contributed by atoms with Crippen LogP contribution in [-0.4, -0.2) is 10.9 Å². The van der Waals surface area contributed by atoms with Crippen molar-refractivity contribution in [1.82, 2.24) is 0 Å². The van der Waals surface area contributed by atoms with Crippen molar-refractivity contribution >= 4 is 24.4 Å². The van der Waals surface area contributed by atoms with Crippen molar-refractivity contribution in [2.45, 2.75) is 6.42 Å². The molecule has 0 heterocycles. The lowest BCUT2D eigenvalue weighted by Crippen LogP contribution is -1.86. The van der Waals surface area contributed by atoms with Crippen LogP contribution in [0, 0.1) is 0 Å². The average molecular weight is 195 g/mol. The summed E-state index contributed by atoms with van der Waals surface area (Å²) in [4.78, 5) is 0. The van der Waals surface area contributed by atoms with E-state index in [1.807, 2.05) is 24.3 Å². The van der Waals surface area contributed by atoms with Gasteiger partial charge in [-0.25, -0.2) is 0 Å². The molecule has 0 amide bonds. The molecule has 0 aromatic heterocycles. The fourth-order valence-corrected chi connectivity index (χ4v) is 1.15. The standard InChI is InChI=1S/C10H13NOS/c11-9-6-3-5-8(10(9)12)4-1-2-7-13/h1,3-6,12-13H,2,7,11H2. The quantitative estimate of drug-likeness (QED) is 0.394. The van der Waals surface area contributed by atoms with Crippen molar-refractivity contribution < 1.29 is 5.11 Å². The molecule has 0 radical (unpaired) electrons. The highest BCUT2D eigenvalue weighted by Gasteiger charge is 1.99. The summed E-state index contributed by atoms with van der Waals surface area (Å²) in [6.45, 7) is 0. The van der Waals surface area contributed by atoms with Crippen LogP contribution in [0.5, 0.6) is 5.75 Å². The lowest BCUT2D eigenvalue weighted by molar-refractivity contribution is 0.476. The first-order valence-electron chi connectivity index (χ1n) is 4.10. The first kappa shape index (κ1) is 9.99. The summed E-state index contributed by atoms with van der Waals surface area (Å²) in [5, 5.41) is 9.50. The van der Waals surface area contributed by atoms with E-state index < -0.39 is 0 Å². The van der Waals surface area contributed by atoms with Crippen molar-refractivity contribution in [1.29, 1.82) is 0 Å².